The molecule has 1 aromatic rings. The van der Waals surface area contributed by atoms with Crippen molar-refractivity contribution in [2.45, 2.75) is 85.5 Å². The molecule has 1 amide bonds. The monoisotopic (exact) mass is 749 g/mol. The van der Waals surface area contributed by atoms with Gasteiger partial charge in [-0.3, -0.25) is 14.6 Å². The number of hydrazine groups is 1. The molecule has 2 N–H and O–H groups in total. The van der Waals surface area contributed by atoms with Crippen molar-refractivity contribution >= 4 is 19.4 Å². The highest BCUT2D eigenvalue weighted by Gasteiger charge is 2.41. The molecule has 1 aliphatic rings. The van der Waals surface area contributed by atoms with Gasteiger partial charge in [-0.05, 0) is 48.0 Å². The van der Waals surface area contributed by atoms with Gasteiger partial charge < -0.3 is 19.5 Å². The van der Waals surface area contributed by atoms with Gasteiger partial charge >= 0.3 is 6.18 Å². The van der Waals surface area contributed by atoms with Crippen molar-refractivity contribution in [2.24, 2.45) is 5.10 Å². The number of alkyl halides is 3. The number of aliphatic hydroxyl groups excluding tert-OH is 1. The fourth-order valence-corrected chi connectivity index (χ4v) is 5.07. The van der Waals surface area contributed by atoms with Crippen LogP contribution in [-0.2, 0) is 25.7 Å². The minimum Gasteiger partial charge on any atom is -0.489 e. The Morgan fingerprint density at radius 2 is 1.68 bits per heavy atom. The van der Waals surface area contributed by atoms with Gasteiger partial charge in [0, 0.05) is 59.8 Å². The highest BCUT2D eigenvalue weighted by molar-refractivity contribution is 5.66. The molecular formula is C40H62F3N5O5. The van der Waals surface area contributed by atoms with E-state index < -0.39 is 17.9 Å². The number of carbonyl (C=O) groups excluding carboxylic acids is 2. The summed E-state index contributed by atoms with van der Waals surface area (Å²) in [6, 6.07) is 7.53. The molecule has 0 radical (unpaired) electrons. The molecule has 0 fully saturated rings. The number of benzene rings is 1. The number of aliphatic hydroxyl groups is 1. The maximum atomic E-state index is 13.9. The number of ether oxygens (including phenoxy) is 2. The molecule has 0 saturated carbocycles. The average Bonchev–Trinajstić information content (AvgIpc) is 3.16. The van der Waals surface area contributed by atoms with Crippen molar-refractivity contribution in [3.63, 3.8) is 0 Å². The number of halogens is 3. The van der Waals surface area contributed by atoms with Crippen LogP contribution in [0.25, 0.3) is 0 Å². The highest BCUT2D eigenvalue weighted by Crippen LogP contribution is 2.36. The first-order chi connectivity index (χ1) is 25.4. The summed E-state index contributed by atoms with van der Waals surface area (Å²) in [6.07, 6.45) is 7.09. The average molecular weight is 750 g/mol. The standard InChI is InChI=1S/C35H46F3N5O3.C2H6O.C2H6.CH4O/c1-8-13-30(31-14-12-15-33(41(31)7)43(39-6)32(20-22-44)35(36,37)38)34(28(10-3)11-4)46-24-27-16-18-29(19-17-27)26(5)23-40-42(25-45)21-9-2;1-3-2;2*1-2/h8,12-20,22,25-26,31,40H,1,6,9-11,21,23-24H2,2-5,7H3;1-2H3;1-2H3;2H,1H3/b30-13-,32-20+;;;/t26-,31?;;;/m1.../s1. The predicted octanol–water partition coefficient (Wildman–Crippen LogP) is 8.04. The molecule has 0 aromatic heterocycles. The first-order valence-electron chi connectivity index (χ1n) is 17.6. The Bertz CT molecular complexity index is 1370. The SMILES string of the molecule is C=C/C=C(\C(OCc1ccc([C@H](C)CNN(C=O)CCC)cc1)=C(CC)CC)C1C=CC=C(N(N=C)/C(=C/C=O)C(F)(F)F)N1C.CC.CO.COC. The number of aldehydes is 1. The Morgan fingerprint density at radius 1 is 1.09 bits per heavy atom. The van der Waals surface area contributed by atoms with E-state index >= 15 is 0 Å². The van der Waals surface area contributed by atoms with Crippen LogP contribution in [0.2, 0.25) is 0 Å². The van der Waals surface area contributed by atoms with Gasteiger partial charge in [-0.25, -0.2) is 10.4 Å². The van der Waals surface area contributed by atoms with Gasteiger partial charge in [-0.15, -0.1) is 0 Å². The van der Waals surface area contributed by atoms with Gasteiger partial charge in [0.25, 0.3) is 0 Å². The number of hydrazone groups is 1. The van der Waals surface area contributed by atoms with Crippen molar-refractivity contribution in [3.05, 3.63) is 107 Å². The van der Waals surface area contributed by atoms with Crippen molar-refractivity contribution in [2.75, 3.05) is 41.5 Å². The lowest BCUT2D eigenvalue weighted by Gasteiger charge is -2.38. The molecule has 1 aromatic carbocycles. The van der Waals surface area contributed by atoms with E-state index in [9.17, 15) is 22.8 Å². The molecule has 13 heteroatoms. The summed E-state index contributed by atoms with van der Waals surface area (Å²) in [4.78, 5) is 23.9. The Morgan fingerprint density at radius 3 is 2.13 bits per heavy atom. The van der Waals surface area contributed by atoms with Gasteiger partial charge in [-0.1, -0.05) is 96.7 Å². The predicted molar refractivity (Wildman–Crippen MR) is 209 cm³/mol. The number of likely N-dealkylation sites (N-methyl/N-ethyl adjacent to an activating group) is 1. The van der Waals surface area contributed by atoms with Crippen LogP contribution < -0.4 is 5.43 Å². The lowest BCUT2D eigenvalue weighted by molar-refractivity contribution is -0.121. The summed E-state index contributed by atoms with van der Waals surface area (Å²) in [5.41, 5.74) is 5.69. The van der Waals surface area contributed by atoms with Crippen molar-refractivity contribution in [1.29, 1.82) is 0 Å². The molecule has 0 aliphatic carbocycles. The molecule has 0 saturated heterocycles. The lowest BCUT2D eigenvalue weighted by Crippen LogP contribution is -2.41. The minimum absolute atomic E-state index is 0.0712. The van der Waals surface area contributed by atoms with Gasteiger partial charge in [-0.2, -0.15) is 18.3 Å². The Labute approximate surface area is 315 Å². The van der Waals surface area contributed by atoms with E-state index in [-0.39, 0.29) is 24.6 Å². The zero-order valence-corrected chi connectivity index (χ0v) is 33.2. The fraction of sp³-hybridized carbons (Fsp3) is 0.475. The number of amides is 1. The summed E-state index contributed by atoms with van der Waals surface area (Å²) in [5.74, 6) is 0.872. The summed E-state index contributed by atoms with van der Waals surface area (Å²) in [7, 11) is 5.89. The number of rotatable bonds is 19. The normalized spacial score (nSPS) is 14.3. The molecule has 10 nitrogen and oxygen atoms in total. The number of allylic oxidation sites excluding steroid dienone is 7. The summed E-state index contributed by atoms with van der Waals surface area (Å²) < 4.78 is 52.4. The zero-order chi connectivity index (χ0) is 41.0. The summed E-state index contributed by atoms with van der Waals surface area (Å²) in [6.45, 7) is 20.9. The highest BCUT2D eigenvalue weighted by atomic mass is 19.4. The molecule has 53 heavy (non-hydrogen) atoms. The van der Waals surface area contributed by atoms with E-state index in [0.717, 1.165) is 36.6 Å². The smallest absolute Gasteiger partial charge is 0.433 e. The third-order valence-corrected chi connectivity index (χ3v) is 7.60. The molecule has 1 unspecified atom stereocenters. The molecule has 2 atom stereocenters. The van der Waals surface area contributed by atoms with E-state index in [4.69, 9.17) is 9.84 Å². The van der Waals surface area contributed by atoms with Gasteiger partial charge in [0.05, 0.1) is 6.04 Å². The van der Waals surface area contributed by atoms with E-state index in [2.05, 4.69) is 35.5 Å². The van der Waals surface area contributed by atoms with Gasteiger partial charge in [0.15, 0.2) is 5.70 Å². The Hall–Kier alpha value is -4.46. The molecule has 0 spiro atoms. The number of carbonyl (C=O) groups is 2. The van der Waals surface area contributed by atoms with Gasteiger partial charge in [0.2, 0.25) is 6.41 Å². The summed E-state index contributed by atoms with van der Waals surface area (Å²) >= 11 is 0. The van der Waals surface area contributed by atoms with E-state index in [1.54, 1.807) is 49.4 Å². The van der Waals surface area contributed by atoms with Crippen LogP contribution in [0, 0.1) is 0 Å². The van der Waals surface area contributed by atoms with Crippen LogP contribution in [0.5, 0.6) is 0 Å². The van der Waals surface area contributed by atoms with Crippen LogP contribution >= 0.6 is 0 Å². The molecule has 1 aliphatic heterocycles. The number of hydrogen-bond acceptors (Lipinski definition) is 9. The van der Waals surface area contributed by atoms with E-state index in [0.29, 0.717) is 48.3 Å². The third-order valence-electron chi connectivity index (χ3n) is 7.60. The second-order valence-corrected chi connectivity index (χ2v) is 11.1. The number of methoxy groups -OCH3 is 1. The first kappa shape index (κ1) is 50.6. The number of hydrogen-bond donors (Lipinski definition) is 2. The van der Waals surface area contributed by atoms with Gasteiger partial charge in [0.1, 0.15) is 24.5 Å². The van der Waals surface area contributed by atoms with Crippen LogP contribution in [0.4, 0.5) is 13.2 Å². The van der Waals surface area contributed by atoms with Crippen LogP contribution in [0.3, 0.4) is 0 Å². The largest absolute Gasteiger partial charge is 0.489 e. The first-order valence-corrected chi connectivity index (χ1v) is 17.6. The van der Waals surface area contributed by atoms with Crippen LogP contribution in [0.1, 0.15) is 77.8 Å². The second-order valence-electron chi connectivity index (χ2n) is 11.1. The molecule has 298 valence electrons. The number of nitrogens with zero attached hydrogens (tertiary/aromatic N) is 4. The van der Waals surface area contributed by atoms with Crippen LogP contribution in [0.15, 0.2) is 101 Å². The van der Waals surface area contributed by atoms with Crippen LogP contribution in [-0.4, -0.2) is 93.1 Å². The maximum absolute atomic E-state index is 13.9. The van der Waals surface area contributed by atoms with Crippen molar-refractivity contribution in [1.82, 2.24) is 20.3 Å². The molecule has 0 bridgehead atoms. The zero-order valence-electron chi connectivity index (χ0n) is 33.2. The van der Waals surface area contributed by atoms with Crippen molar-refractivity contribution < 1.29 is 37.3 Å². The molecule has 2 rings (SSSR count). The second kappa shape index (κ2) is 29.0. The minimum atomic E-state index is -4.85. The van der Waals surface area contributed by atoms with Crippen molar-refractivity contribution in [3.8, 4) is 0 Å². The Balaban J connectivity index is 0. The Kier molecular flexibility index (Phi) is 27.8. The fourth-order valence-electron chi connectivity index (χ4n) is 5.07. The lowest BCUT2D eigenvalue weighted by atomic mass is 9.95. The molecular weight excluding hydrogens is 687 g/mol. The van der Waals surface area contributed by atoms with E-state index in [1.807, 2.05) is 65.0 Å². The van der Waals surface area contributed by atoms with E-state index in [1.165, 1.54) is 6.08 Å². The maximum Gasteiger partial charge on any atom is 0.433 e. The molecule has 1 heterocycles. The third kappa shape index (κ3) is 16.8. The topological polar surface area (TPSA) is 107 Å². The summed E-state index contributed by atoms with van der Waals surface area (Å²) in [5, 5.41) is 12.8. The number of nitrogens with one attached hydrogen (secondary N) is 1. The quantitative estimate of drug-likeness (QED) is 0.0366.